The van der Waals surface area contributed by atoms with E-state index in [2.05, 4.69) is 17.2 Å². The van der Waals surface area contributed by atoms with Gasteiger partial charge in [-0.25, -0.2) is 0 Å². The number of nitrogens with two attached hydrogens (primary N) is 1. The second-order valence-corrected chi connectivity index (χ2v) is 2.39. The molecule has 3 N–H and O–H groups in total. The van der Waals surface area contributed by atoms with Crippen LogP contribution in [0.3, 0.4) is 0 Å². The molecule has 0 bridgehead atoms. The highest BCUT2D eigenvalue weighted by Crippen LogP contribution is 1.76. The van der Waals surface area contributed by atoms with Crippen LogP contribution in [0.4, 0.5) is 0 Å². The van der Waals surface area contributed by atoms with Crippen molar-refractivity contribution in [1.82, 2.24) is 5.32 Å². The highest BCUT2D eigenvalue weighted by Gasteiger charge is 1.88. The van der Waals surface area contributed by atoms with Crippen molar-refractivity contribution in [3.63, 3.8) is 0 Å². The van der Waals surface area contributed by atoms with Gasteiger partial charge in [-0.2, -0.15) is 0 Å². The summed E-state index contributed by atoms with van der Waals surface area (Å²) >= 11 is 0. The number of ether oxygens (including phenoxy) is 1. The van der Waals surface area contributed by atoms with Gasteiger partial charge in [0.15, 0.2) is 5.96 Å². The summed E-state index contributed by atoms with van der Waals surface area (Å²) in [6.07, 6.45) is 1.02. The maximum absolute atomic E-state index is 5.53. The summed E-state index contributed by atoms with van der Waals surface area (Å²) in [5, 5.41) is 2.96. The summed E-state index contributed by atoms with van der Waals surface area (Å²) in [6.45, 7) is 6.97. The Bertz CT molecular complexity index is 125. The Balaban J connectivity index is 3.24. The molecule has 4 heteroatoms. The van der Waals surface area contributed by atoms with Gasteiger partial charge in [0.2, 0.25) is 0 Å². The van der Waals surface area contributed by atoms with Crippen LogP contribution in [0, 0.1) is 0 Å². The van der Waals surface area contributed by atoms with E-state index in [1.165, 1.54) is 0 Å². The van der Waals surface area contributed by atoms with E-state index in [0.717, 1.165) is 26.1 Å². The molecule has 0 spiro atoms. The second-order valence-electron chi connectivity index (χ2n) is 2.39. The first-order chi connectivity index (χ1) is 5.81. The summed E-state index contributed by atoms with van der Waals surface area (Å²) in [6, 6.07) is 0. The molecule has 72 valence electrons. The smallest absolute Gasteiger partial charge is 0.188 e. The number of rotatable bonds is 6. The molecule has 4 nitrogen and oxygen atoms in total. The maximum Gasteiger partial charge on any atom is 0.188 e. The van der Waals surface area contributed by atoms with Crippen molar-refractivity contribution in [2.24, 2.45) is 10.7 Å². The lowest BCUT2D eigenvalue weighted by molar-refractivity contribution is 0.152. The summed E-state index contributed by atoms with van der Waals surface area (Å²) in [5.74, 6) is 0.511. The summed E-state index contributed by atoms with van der Waals surface area (Å²) in [5.41, 5.74) is 5.53. The van der Waals surface area contributed by atoms with Crippen LogP contribution in [0.2, 0.25) is 0 Å². The van der Waals surface area contributed by atoms with Crippen LogP contribution in [0.5, 0.6) is 0 Å². The van der Waals surface area contributed by atoms with Crippen molar-refractivity contribution in [1.29, 1.82) is 0 Å². The van der Waals surface area contributed by atoms with E-state index in [0.29, 0.717) is 12.6 Å². The quantitative estimate of drug-likeness (QED) is 0.346. The van der Waals surface area contributed by atoms with Gasteiger partial charge < -0.3 is 15.8 Å². The molecule has 0 heterocycles. The average molecular weight is 173 g/mol. The van der Waals surface area contributed by atoms with Crippen LogP contribution in [-0.4, -0.2) is 32.3 Å². The third-order valence-corrected chi connectivity index (χ3v) is 1.26. The Kier molecular flexibility index (Phi) is 7.79. The largest absolute Gasteiger partial charge is 0.380 e. The third-order valence-electron chi connectivity index (χ3n) is 1.26. The van der Waals surface area contributed by atoms with Crippen molar-refractivity contribution in [3.05, 3.63) is 0 Å². The van der Waals surface area contributed by atoms with Crippen LogP contribution in [0.25, 0.3) is 0 Å². The van der Waals surface area contributed by atoms with Crippen LogP contribution in [-0.2, 0) is 4.74 Å². The monoisotopic (exact) mass is 173 g/mol. The van der Waals surface area contributed by atoms with Crippen molar-refractivity contribution < 1.29 is 4.74 Å². The van der Waals surface area contributed by atoms with E-state index in [9.17, 15) is 0 Å². The highest BCUT2D eigenvalue weighted by atomic mass is 16.5. The van der Waals surface area contributed by atoms with E-state index in [-0.39, 0.29) is 0 Å². The molecule has 0 rings (SSSR count). The summed E-state index contributed by atoms with van der Waals surface area (Å²) < 4.78 is 5.12. The predicted molar refractivity (Wildman–Crippen MR) is 51.3 cm³/mol. The lowest BCUT2D eigenvalue weighted by Crippen LogP contribution is -2.34. The molecule has 0 aliphatic heterocycles. The van der Waals surface area contributed by atoms with Gasteiger partial charge in [0.1, 0.15) is 0 Å². The average Bonchev–Trinajstić information content (AvgIpc) is 2.09. The fourth-order valence-electron chi connectivity index (χ4n) is 0.684. The first kappa shape index (κ1) is 11.2. The zero-order valence-electron chi connectivity index (χ0n) is 7.97. The zero-order chi connectivity index (χ0) is 9.23. The normalized spacial score (nSPS) is 11.7. The van der Waals surface area contributed by atoms with Gasteiger partial charge >= 0.3 is 0 Å². The van der Waals surface area contributed by atoms with Crippen LogP contribution >= 0.6 is 0 Å². The first-order valence-electron chi connectivity index (χ1n) is 4.42. The maximum atomic E-state index is 5.53. The Morgan fingerprint density at radius 1 is 1.50 bits per heavy atom. The first-order valence-corrected chi connectivity index (χ1v) is 4.42. The number of hydrogen-bond donors (Lipinski definition) is 2. The second kappa shape index (κ2) is 8.33. The Hall–Kier alpha value is -0.770. The zero-order valence-corrected chi connectivity index (χ0v) is 7.97. The summed E-state index contributed by atoms with van der Waals surface area (Å²) in [7, 11) is 0. The van der Waals surface area contributed by atoms with Gasteiger partial charge in [0, 0.05) is 19.7 Å². The molecule has 0 aromatic heterocycles. The lowest BCUT2D eigenvalue weighted by atomic mass is 10.5. The molecule has 0 aromatic carbocycles. The molecule has 0 aromatic rings. The Labute approximate surface area is 74.2 Å². The molecule has 0 saturated carbocycles. The molecule has 0 aliphatic rings. The minimum absolute atomic E-state index is 0.511. The minimum Gasteiger partial charge on any atom is -0.380 e. The number of nitrogens with zero attached hydrogens (tertiary/aromatic N) is 1. The van der Waals surface area contributed by atoms with Gasteiger partial charge in [-0.15, -0.1) is 0 Å². The molecule has 12 heavy (non-hydrogen) atoms. The lowest BCUT2D eigenvalue weighted by Gasteiger charge is -2.04. The van der Waals surface area contributed by atoms with Gasteiger partial charge in [-0.1, -0.05) is 6.92 Å². The van der Waals surface area contributed by atoms with E-state index < -0.39 is 0 Å². The summed E-state index contributed by atoms with van der Waals surface area (Å²) in [4.78, 5) is 4.07. The molecule has 0 saturated heterocycles. The topological polar surface area (TPSA) is 59.6 Å². The van der Waals surface area contributed by atoms with E-state index >= 15 is 0 Å². The fourth-order valence-corrected chi connectivity index (χ4v) is 0.684. The molecular weight excluding hydrogens is 154 g/mol. The Morgan fingerprint density at radius 3 is 2.83 bits per heavy atom. The van der Waals surface area contributed by atoms with Crippen molar-refractivity contribution in [3.8, 4) is 0 Å². The minimum atomic E-state index is 0.511. The van der Waals surface area contributed by atoms with E-state index in [4.69, 9.17) is 10.5 Å². The van der Waals surface area contributed by atoms with E-state index in [1.54, 1.807) is 0 Å². The van der Waals surface area contributed by atoms with Crippen molar-refractivity contribution >= 4 is 5.96 Å². The van der Waals surface area contributed by atoms with Crippen LogP contribution in [0.15, 0.2) is 4.99 Å². The SMILES string of the molecule is CCCN=C(N)NCCOCC. The van der Waals surface area contributed by atoms with Gasteiger partial charge in [0.05, 0.1) is 6.61 Å². The third kappa shape index (κ3) is 7.34. The Morgan fingerprint density at radius 2 is 2.25 bits per heavy atom. The van der Waals surface area contributed by atoms with Gasteiger partial charge in [-0.05, 0) is 13.3 Å². The molecule has 0 aliphatic carbocycles. The van der Waals surface area contributed by atoms with Gasteiger partial charge in [0.25, 0.3) is 0 Å². The van der Waals surface area contributed by atoms with Crippen molar-refractivity contribution in [2.75, 3.05) is 26.3 Å². The number of aliphatic imine (C=N–C) groups is 1. The van der Waals surface area contributed by atoms with Crippen LogP contribution in [0.1, 0.15) is 20.3 Å². The fraction of sp³-hybridized carbons (Fsp3) is 0.875. The molecule has 0 fully saturated rings. The van der Waals surface area contributed by atoms with Gasteiger partial charge in [-0.3, -0.25) is 4.99 Å². The molecule has 0 amide bonds. The number of nitrogens with one attached hydrogen (secondary N) is 1. The predicted octanol–water partition coefficient (Wildman–Crippen LogP) is 0.337. The van der Waals surface area contributed by atoms with Crippen LogP contribution < -0.4 is 11.1 Å². The highest BCUT2D eigenvalue weighted by molar-refractivity contribution is 5.77. The molecule has 0 radical (unpaired) electrons. The molecule has 0 atom stereocenters. The number of hydrogen-bond acceptors (Lipinski definition) is 2. The van der Waals surface area contributed by atoms with Crippen molar-refractivity contribution in [2.45, 2.75) is 20.3 Å². The molecular formula is C8H19N3O. The number of guanidine groups is 1. The standard InChI is InChI=1S/C8H19N3O/c1-3-5-10-8(9)11-6-7-12-4-2/h3-7H2,1-2H3,(H3,9,10,11). The van der Waals surface area contributed by atoms with E-state index in [1.807, 2.05) is 6.92 Å². The molecule has 0 unspecified atom stereocenters.